The summed E-state index contributed by atoms with van der Waals surface area (Å²) in [4.78, 5) is 12.8. The number of hydroxylamine groups is 4. The minimum atomic E-state index is -0.863. The van der Waals surface area contributed by atoms with Crippen LogP contribution < -0.4 is 5.32 Å². The lowest BCUT2D eigenvalue weighted by Gasteiger charge is -2.50. The Hall–Kier alpha value is -0.950. The quantitative estimate of drug-likeness (QED) is 0.841. The van der Waals surface area contributed by atoms with Crippen molar-refractivity contribution in [3.05, 3.63) is 11.6 Å². The van der Waals surface area contributed by atoms with Gasteiger partial charge in [-0.1, -0.05) is 6.08 Å². The minimum Gasteiger partial charge on any atom is -0.349 e. The first kappa shape index (κ1) is 19.4. The Bertz CT molecular complexity index is 546. The maximum absolute atomic E-state index is 12.8. The van der Waals surface area contributed by atoms with Gasteiger partial charge in [0.1, 0.15) is 0 Å². The van der Waals surface area contributed by atoms with Gasteiger partial charge in [0.25, 0.3) is 0 Å². The van der Waals surface area contributed by atoms with Gasteiger partial charge in [-0.15, -0.1) is 20.5 Å². The van der Waals surface area contributed by atoms with E-state index in [0.717, 1.165) is 10.1 Å². The number of carbonyl (C=O) groups excluding carboxylic acids is 1. The third-order valence-electron chi connectivity index (χ3n) is 5.36. The molecule has 1 fully saturated rings. The zero-order valence-corrected chi connectivity index (χ0v) is 16.2. The second kappa shape index (κ2) is 5.53. The molecule has 24 heavy (non-hydrogen) atoms. The van der Waals surface area contributed by atoms with Gasteiger partial charge >= 0.3 is 0 Å². The zero-order chi connectivity index (χ0) is 18.7. The maximum atomic E-state index is 12.8. The average Bonchev–Trinajstić information content (AvgIpc) is 2.55. The van der Waals surface area contributed by atoms with Gasteiger partial charge in [0.2, 0.25) is 5.91 Å². The number of rotatable bonds is 2. The first-order valence-corrected chi connectivity index (χ1v) is 8.60. The van der Waals surface area contributed by atoms with E-state index >= 15 is 0 Å². The van der Waals surface area contributed by atoms with Gasteiger partial charge in [0.15, 0.2) is 0 Å². The van der Waals surface area contributed by atoms with Crippen LogP contribution in [-0.4, -0.2) is 44.2 Å². The van der Waals surface area contributed by atoms with Crippen LogP contribution in [0.15, 0.2) is 11.6 Å². The first-order valence-electron chi connectivity index (χ1n) is 8.60. The van der Waals surface area contributed by atoms with Crippen LogP contribution in [0.25, 0.3) is 0 Å². The van der Waals surface area contributed by atoms with E-state index in [1.807, 2.05) is 41.5 Å². The van der Waals surface area contributed by atoms with Crippen molar-refractivity contribution in [1.29, 1.82) is 0 Å². The molecule has 0 unspecified atom stereocenters. The van der Waals surface area contributed by atoms with E-state index in [1.54, 1.807) is 19.9 Å². The zero-order valence-electron chi connectivity index (χ0n) is 16.2. The van der Waals surface area contributed by atoms with Crippen LogP contribution in [0.4, 0.5) is 0 Å². The van der Waals surface area contributed by atoms with Gasteiger partial charge in [-0.25, -0.2) is 0 Å². The molecule has 0 atom stereocenters. The fourth-order valence-electron chi connectivity index (χ4n) is 4.39. The van der Waals surface area contributed by atoms with Crippen LogP contribution in [0.3, 0.4) is 0 Å². The molecule has 2 aliphatic heterocycles. The number of hydrogen-bond donors (Lipinski definition) is 1. The highest BCUT2D eigenvalue weighted by atomic mass is 16.5. The summed E-state index contributed by atoms with van der Waals surface area (Å²) in [5.41, 5.74) is -2.14. The van der Waals surface area contributed by atoms with Crippen molar-refractivity contribution >= 4 is 5.91 Å². The Labute approximate surface area is 145 Å². The molecule has 6 heteroatoms. The van der Waals surface area contributed by atoms with Crippen molar-refractivity contribution in [3.63, 3.8) is 0 Å². The molecule has 0 aromatic rings. The summed E-state index contributed by atoms with van der Waals surface area (Å²) < 4.78 is 0. The summed E-state index contributed by atoms with van der Waals surface area (Å²) in [6, 6.07) is -0.0896. The standard InChI is InChI=1S/C18H31N3O3/c1-15(2)9-12(10-16(3,4)20(15)23)19-14(22)13-11-17(5,6)21(24)18(13,7)8/h11-12H,9-10H2,1-8H3,(H,19,22). The van der Waals surface area contributed by atoms with Crippen molar-refractivity contribution in [1.82, 2.24) is 15.4 Å². The Morgan fingerprint density at radius 2 is 1.42 bits per heavy atom. The number of carbonyl (C=O) groups is 1. The van der Waals surface area contributed by atoms with Crippen molar-refractivity contribution in [2.75, 3.05) is 0 Å². The van der Waals surface area contributed by atoms with E-state index in [4.69, 9.17) is 0 Å². The number of amides is 1. The Morgan fingerprint density at radius 1 is 0.958 bits per heavy atom. The van der Waals surface area contributed by atoms with Crippen LogP contribution in [0, 0.1) is 0 Å². The molecule has 2 rings (SSSR count). The smallest absolute Gasteiger partial charge is 0.249 e. The molecule has 2 heterocycles. The SMILES string of the molecule is CC1(C)C=C(C(=O)NC2CC(C)(C)N([O])C(C)(C)C2)C(C)(C)N1[O]. The fraction of sp³-hybridized carbons (Fsp3) is 0.833. The van der Waals surface area contributed by atoms with Gasteiger partial charge in [0, 0.05) is 22.7 Å². The molecule has 0 aromatic carbocycles. The fourth-order valence-corrected chi connectivity index (χ4v) is 4.39. The van der Waals surface area contributed by atoms with Crippen molar-refractivity contribution in [3.8, 4) is 0 Å². The van der Waals surface area contributed by atoms with Crippen molar-refractivity contribution in [2.45, 2.75) is 96.4 Å². The Kier molecular flexibility index (Phi) is 4.46. The molecular formula is C18H31N3O3. The van der Waals surface area contributed by atoms with Crippen LogP contribution >= 0.6 is 0 Å². The lowest BCUT2D eigenvalue weighted by atomic mass is 9.78. The van der Waals surface area contributed by atoms with Gasteiger partial charge in [-0.05, 0) is 68.2 Å². The second-order valence-corrected chi connectivity index (χ2v) is 9.56. The largest absolute Gasteiger partial charge is 0.349 e. The lowest BCUT2D eigenvalue weighted by Crippen LogP contribution is -2.62. The molecule has 1 saturated heterocycles. The summed E-state index contributed by atoms with van der Waals surface area (Å²) in [6.07, 6.45) is 2.93. The third-order valence-corrected chi connectivity index (χ3v) is 5.36. The second-order valence-electron chi connectivity index (χ2n) is 9.56. The number of hydrogen-bond acceptors (Lipinski definition) is 3. The maximum Gasteiger partial charge on any atom is 0.249 e. The summed E-state index contributed by atoms with van der Waals surface area (Å²) >= 11 is 0. The lowest BCUT2D eigenvalue weighted by molar-refractivity contribution is -0.290. The minimum absolute atomic E-state index is 0.0896. The van der Waals surface area contributed by atoms with E-state index in [2.05, 4.69) is 5.32 Å². The van der Waals surface area contributed by atoms with Gasteiger partial charge in [-0.3, -0.25) is 4.79 Å². The van der Waals surface area contributed by atoms with Crippen LogP contribution in [0.2, 0.25) is 0 Å². The molecule has 6 nitrogen and oxygen atoms in total. The third kappa shape index (κ3) is 3.12. The Balaban J connectivity index is 2.19. The summed E-state index contributed by atoms with van der Waals surface area (Å²) in [5, 5.41) is 30.1. The van der Waals surface area contributed by atoms with Crippen molar-refractivity contribution < 1.29 is 15.2 Å². The number of piperidine rings is 1. The average molecular weight is 337 g/mol. The normalized spacial score (nSPS) is 29.3. The molecule has 2 radical (unpaired) electrons. The molecule has 0 spiro atoms. The highest BCUT2D eigenvalue weighted by Gasteiger charge is 2.50. The summed E-state index contributed by atoms with van der Waals surface area (Å²) in [6.45, 7) is 14.8. The Morgan fingerprint density at radius 3 is 1.79 bits per heavy atom. The highest BCUT2D eigenvalue weighted by Crippen LogP contribution is 2.40. The molecule has 1 amide bonds. The highest BCUT2D eigenvalue weighted by molar-refractivity contribution is 5.96. The van der Waals surface area contributed by atoms with E-state index in [0.29, 0.717) is 18.4 Å². The number of nitrogens with zero attached hydrogens (tertiary/aromatic N) is 2. The van der Waals surface area contributed by atoms with Gasteiger partial charge < -0.3 is 5.32 Å². The molecular weight excluding hydrogens is 306 g/mol. The van der Waals surface area contributed by atoms with E-state index in [1.165, 1.54) is 0 Å². The number of nitrogens with one attached hydrogen (secondary N) is 1. The van der Waals surface area contributed by atoms with Crippen LogP contribution in [0.1, 0.15) is 68.2 Å². The first-order chi connectivity index (χ1) is 10.6. The summed E-state index contributed by atoms with van der Waals surface area (Å²) in [5.74, 6) is -0.206. The molecule has 1 N–H and O–H groups in total. The summed E-state index contributed by atoms with van der Waals surface area (Å²) in [7, 11) is 0. The van der Waals surface area contributed by atoms with Gasteiger partial charge in [-0.2, -0.15) is 0 Å². The van der Waals surface area contributed by atoms with Crippen LogP contribution in [-0.2, 0) is 15.2 Å². The molecule has 136 valence electrons. The topological polar surface area (TPSA) is 75.4 Å². The molecule has 2 aliphatic rings. The van der Waals surface area contributed by atoms with E-state index < -0.39 is 22.2 Å². The molecule has 0 aromatic heterocycles. The van der Waals surface area contributed by atoms with E-state index in [-0.39, 0.29) is 11.9 Å². The molecule has 0 bridgehead atoms. The monoisotopic (exact) mass is 337 g/mol. The van der Waals surface area contributed by atoms with E-state index in [9.17, 15) is 15.2 Å². The van der Waals surface area contributed by atoms with Crippen molar-refractivity contribution in [2.24, 2.45) is 0 Å². The predicted molar refractivity (Wildman–Crippen MR) is 90.6 cm³/mol. The predicted octanol–water partition coefficient (Wildman–Crippen LogP) is 2.61. The molecule has 0 aliphatic carbocycles. The molecule has 0 saturated carbocycles. The van der Waals surface area contributed by atoms with Gasteiger partial charge in [0.05, 0.1) is 11.1 Å². The van der Waals surface area contributed by atoms with Crippen LogP contribution in [0.5, 0.6) is 0 Å².